The fraction of sp³-hybridized carbons (Fsp3) is 0.450. The third-order valence-corrected chi connectivity index (χ3v) is 5.17. The number of carbonyl (C=O) groups excluding carboxylic acids is 2. The van der Waals surface area contributed by atoms with E-state index >= 15 is 0 Å². The summed E-state index contributed by atoms with van der Waals surface area (Å²) in [4.78, 5) is 24.8. The predicted molar refractivity (Wildman–Crippen MR) is 103 cm³/mol. The molecule has 2 amide bonds. The van der Waals surface area contributed by atoms with E-state index in [-0.39, 0.29) is 29.6 Å². The number of rotatable bonds is 6. The van der Waals surface area contributed by atoms with E-state index in [1.165, 1.54) is 0 Å². The molecule has 0 aliphatic heterocycles. The number of benzene rings is 1. The van der Waals surface area contributed by atoms with Crippen molar-refractivity contribution < 1.29 is 24.2 Å². The van der Waals surface area contributed by atoms with Crippen LogP contribution in [-0.2, 0) is 18.3 Å². The summed E-state index contributed by atoms with van der Waals surface area (Å²) in [5.74, 6) is -2.22. The van der Waals surface area contributed by atoms with Crippen LogP contribution in [-0.4, -0.2) is 50.5 Å². The molecule has 1 aromatic carbocycles. The number of nitrogens with one attached hydrogen (secondary N) is 2. The summed E-state index contributed by atoms with van der Waals surface area (Å²) in [6.45, 7) is 0.467. The number of amides is 2. The Labute approximate surface area is 167 Å². The van der Waals surface area contributed by atoms with Crippen molar-refractivity contribution in [2.24, 2.45) is 13.0 Å². The molecule has 0 radical (unpaired) electrons. The van der Waals surface area contributed by atoms with Gasteiger partial charge in [0.05, 0.1) is 23.9 Å². The smallest absolute Gasteiger partial charge is 0.254 e. The van der Waals surface area contributed by atoms with Gasteiger partial charge in [-0.15, -0.1) is 0 Å². The number of hydrogen-bond donors (Lipinski definition) is 4. The number of phenolic OH excluding ortho intramolecular Hbond substituents is 1. The number of hydrogen-bond acceptors (Lipinski definition) is 5. The summed E-state index contributed by atoms with van der Waals surface area (Å²) in [6.07, 6.45) is 4.59. The Bertz CT molecular complexity index is 885. The predicted octanol–water partition coefficient (Wildman–Crippen LogP) is 0.883. The van der Waals surface area contributed by atoms with Crippen LogP contribution in [0.2, 0.25) is 0 Å². The Morgan fingerprint density at radius 1 is 1.34 bits per heavy atom. The van der Waals surface area contributed by atoms with Crippen LogP contribution < -0.4 is 10.6 Å². The Morgan fingerprint density at radius 2 is 2.14 bits per heavy atom. The van der Waals surface area contributed by atoms with Gasteiger partial charge in [0.2, 0.25) is 5.91 Å². The highest BCUT2D eigenvalue weighted by Crippen LogP contribution is 2.26. The van der Waals surface area contributed by atoms with Crippen molar-refractivity contribution in [3.05, 3.63) is 47.5 Å². The standard InChI is InChI=1S/C20H25FN4O4/c1-25-11-12(10-23-25)6-7-22-19(28)13-2-5-18(27)17(8-13)24-20(29)15-9-14(26)3-4-16(15)21/h3-4,9-11,13,17-18,26-27H,2,5-8H2,1H3,(H,22,28)(H,24,29)/t13-,17+,18+/m0/s1. The van der Waals surface area contributed by atoms with Crippen LogP contribution in [0, 0.1) is 11.7 Å². The molecule has 2 aromatic rings. The van der Waals surface area contributed by atoms with Gasteiger partial charge < -0.3 is 20.8 Å². The number of aliphatic hydroxyl groups excluding tert-OH is 1. The summed E-state index contributed by atoms with van der Waals surface area (Å²) in [5, 5.41) is 29.2. The van der Waals surface area contributed by atoms with E-state index < -0.39 is 23.9 Å². The molecule has 1 aliphatic carbocycles. The summed E-state index contributed by atoms with van der Waals surface area (Å²) >= 11 is 0. The maximum Gasteiger partial charge on any atom is 0.254 e. The number of phenols is 1. The minimum atomic E-state index is -0.821. The maximum absolute atomic E-state index is 13.9. The van der Waals surface area contributed by atoms with E-state index in [1.807, 2.05) is 13.2 Å². The van der Waals surface area contributed by atoms with Gasteiger partial charge in [-0.3, -0.25) is 14.3 Å². The SMILES string of the molecule is Cn1cc(CCNC(=O)[C@H]2CC[C@@H](O)[C@H](NC(=O)c3cc(O)ccc3F)C2)cn1. The van der Waals surface area contributed by atoms with Crippen LogP contribution >= 0.6 is 0 Å². The lowest BCUT2D eigenvalue weighted by atomic mass is 9.83. The number of carbonyl (C=O) groups is 2. The third kappa shape index (κ3) is 5.32. The van der Waals surface area contributed by atoms with Crippen LogP contribution in [0.1, 0.15) is 35.2 Å². The number of nitrogens with zero attached hydrogens (tertiary/aromatic N) is 2. The molecule has 0 saturated heterocycles. The van der Waals surface area contributed by atoms with Crippen molar-refractivity contribution in [3.8, 4) is 5.75 Å². The second kappa shape index (κ2) is 9.04. The Balaban J connectivity index is 1.54. The lowest BCUT2D eigenvalue weighted by molar-refractivity contribution is -0.127. The lowest BCUT2D eigenvalue weighted by Gasteiger charge is -2.33. The molecule has 1 heterocycles. The first-order chi connectivity index (χ1) is 13.8. The van der Waals surface area contributed by atoms with Crippen molar-refractivity contribution in [2.45, 2.75) is 37.8 Å². The molecule has 3 atom stereocenters. The maximum atomic E-state index is 13.9. The number of aromatic nitrogens is 2. The van der Waals surface area contributed by atoms with Gasteiger partial charge in [-0.1, -0.05) is 0 Å². The second-order valence-electron chi connectivity index (χ2n) is 7.38. The van der Waals surface area contributed by atoms with E-state index in [4.69, 9.17) is 0 Å². The average Bonchev–Trinajstić information content (AvgIpc) is 3.10. The summed E-state index contributed by atoms with van der Waals surface area (Å²) < 4.78 is 15.5. The van der Waals surface area contributed by atoms with Crippen molar-refractivity contribution >= 4 is 11.8 Å². The minimum absolute atomic E-state index is 0.136. The van der Waals surface area contributed by atoms with Gasteiger partial charge in [-0.05, 0) is 49.4 Å². The van der Waals surface area contributed by atoms with Gasteiger partial charge in [-0.2, -0.15) is 5.10 Å². The highest BCUT2D eigenvalue weighted by Gasteiger charge is 2.34. The third-order valence-electron chi connectivity index (χ3n) is 5.17. The molecule has 3 rings (SSSR count). The van der Waals surface area contributed by atoms with Gasteiger partial charge in [-0.25, -0.2) is 4.39 Å². The van der Waals surface area contributed by atoms with Crippen molar-refractivity contribution in [3.63, 3.8) is 0 Å². The van der Waals surface area contributed by atoms with Crippen molar-refractivity contribution in [1.29, 1.82) is 0 Å². The topological polar surface area (TPSA) is 116 Å². The van der Waals surface area contributed by atoms with E-state index in [9.17, 15) is 24.2 Å². The zero-order valence-electron chi connectivity index (χ0n) is 16.1. The van der Waals surface area contributed by atoms with Crippen molar-refractivity contribution in [2.75, 3.05) is 6.54 Å². The number of aryl methyl sites for hydroxylation is 1. The van der Waals surface area contributed by atoms with Gasteiger partial charge in [0.1, 0.15) is 11.6 Å². The average molecular weight is 404 g/mol. The molecule has 1 aliphatic rings. The first-order valence-electron chi connectivity index (χ1n) is 9.56. The molecular weight excluding hydrogens is 379 g/mol. The van der Waals surface area contributed by atoms with Crippen LogP contribution in [0.3, 0.4) is 0 Å². The van der Waals surface area contributed by atoms with E-state index in [1.54, 1.807) is 10.9 Å². The Hall–Kier alpha value is -2.94. The lowest BCUT2D eigenvalue weighted by Crippen LogP contribution is -2.49. The van der Waals surface area contributed by atoms with E-state index in [0.29, 0.717) is 25.8 Å². The molecule has 1 fully saturated rings. The Kier molecular flexibility index (Phi) is 6.48. The monoisotopic (exact) mass is 404 g/mol. The fourth-order valence-electron chi connectivity index (χ4n) is 3.56. The molecule has 156 valence electrons. The molecule has 1 aromatic heterocycles. The number of halogens is 1. The zero-order chi connectivity index (χ0) is 21.0. The van der Waals surface area contributed by atoms with E-state index in [2.05, 4.69) is 15.7 Å². The van der Waals surface area contributed by atoms with Crippen LogP contribution in [0.5, 0.6) is 5.75 Å². The second-order valence-corrected chi connectivity index (χ2v) is 7.38. The molecule has 4 N–H and O–H groups in total. The minimum Gasteiger partial charge on any atom is -0.508 e. The van der Waals surface area contributed by atoms with Gasteiger partial charge in [0.25, 0.3) is 5.91 Å². The fourth-order valence-corrected chi connectivity index (χ4v) is 3.56. The van der Waals surface area contributed by atoms with E-state index in [0.717, 1.165) is 23.8 Å². The highest BCUT2D eigenvalue weighted by atomic mass is 19.1. The van der Waals surface area contributed by atoms with Crippen molar-refractivity contribution in [1.82, 2.24) is 20.4 Å². The summed E-state index contributed by atoms with van der Waals surface area (Å²) in [5.41, 5.74) is 0.713. The number of aliphatic hydroxyl groups is 1. The van der Waals surface area contributed by atoms with Crippen LogP contribution in [0.25, 0.3) is 0 Å². The quantitative estimate of drug-likeness (QED) is 0.570. The number of aromatic hydroxyl groups is 1. The summed E-state index contributed by atoms with van der Waals surface area (Å²) in [7, 11) is 1.83. The first-order valence-corrected chi connectivity index (χ1v) is 9.56. The molecule has 9 heteroatoms. The molecule has 0 spiro atoms. The van der Waals surface area contributed by atoms with Crippen LogP contribution in [0.4, 0.5) is 4.39 Å². The normalized spacial score (nSPS) is 21.6. The molecular formula is C20H25FN4O4. The van der Waals surface area contributed by atoms with Gasteiger partial charge in [0.15, 0.2) is 0 Å². The van der Waals surface area contributed by atoms with Gasteiger partial charge in [0, 0.05) is 25.7 Å². The molecule has 0 bridgehead atoms. The summed E-state index contributed by atoms with van der Waals surface area (Å²) in [6, 6.07) is 2.50. The molecule has 8 nitrogen and oxygen atoms in total. The molecule has 1 saturated carbocycles. The Morgan fingerprint density at radius 3 is 2.86 bits per heavy atom. The molecule has 29 heavy (non-hydrogen) atoms. The highest BCUT2D eigenvalue weighted by molar-refractivity contribution is 5.95. The molecule has 0 unspecified atom stereocenters. The van der Waals surface area contributed by atoms with Gasteiger partial charge >= 0.3 is 0 Å². The first kappa shape index (κ1) is 20.8. The largest absolute Gasteiger partial charge is 0.508 e. The zero-order valence-corrected chi connectivity index (χ0v) is 16.1. The van der Waals surface area contributed by atoms with Crippen LogP contribution in [0.15, 0.2) is 30.6 Å².